The van der Waals surface area contributed by atoms with E-state index in [0.717, 1.165) is 0 Å². The molecule has 16 heavy (non-hydrogen) atoms. The second-order valence-electron chi connectivity index (χ2n) is 3.32. The van der Waals surface area contributed by atoms with Gasteiger partial charge in [0.1, 0.15) is 5.82 Å². The van der Waals surface area contributed by atoms with E-state index in [0.29, 0.717) is 22.8 Å². The molecule has 84 valence electrons. The summed E-state index contributed by atoms with van der Waals surface area (Å²) in [5.41, 5.74) is 7.63. The zero-order valence-corrected chi connectivity index (χ0v) is 9.02. The maximum Gasteiger partial charge on any atom is 0.412 e. The summed E-state index contributed by atoms with van der Waals surface area (Å²) in [6, 6.07) is 3.54. The monoisotopic (exact) mass is 220 g/mol. The Morgan fingerprint density at radius 1 is 1.62 bits per heavy atom. The molecular weight excluding hydrogens is 208 g/mol. The second-order valence-corrected chi connectivity index (χ2v) is 3.32. The fourth-order valence-electron chi connectivity index (χ4n) is 1.50. The molecule has 1 amide bonds. The van der Waals surface area contributed by atoms with Gasteiger partial charge in [0.25, 0.3) is 0 Å². The number of pyridine rings is 1. The number of carbonyl (C=O) groups excluding carboxylic acids is 1. The second kappa shape index (κ2) is 3.73. The number of nitrogens with one attached hydrogen (secondary N) is 1. The molecule has 3 N–H and O–H groups in total. The molecule has 0 saturated carbocycles. The van der Waals surface area contributed by atoms with Crippen molar-refractivity contribution in [2.75, 3.05) is 18.2 Å². The van der Waals surface area contributed by atoms with Gasteiger partial charge in [-0.15, -0.1) is 0 Å². The number of methoxy groups -OCH3 is 1. The lowest BCUT2D eigenvalue weighted by atomic mass is 10.4. The van der Waals surface area contributed by atoms with Crippen LogP contribution in [0.25, 0.3) is 5.65 Å². The van der Waals surface area contributed by atoms with Crippen molar-refractivity contribution in [3.8, 4) is 0 Å². The van der Waals surface area contributed by atoms with Crippen LogP contribution in [0.1, 0.15) is 5.69 Å². The lowest BCUT2D eigenvalue weighted by molar-refractivity contribution is 0.186. The average molecular weight is 220 g/mol. The van der Waals surface area contributed by atoms with Gasteiger partial charge in [-0.1, -0.05) is 0 Å². The first-order valence-corrected chi connectivity index (χ1v) is 4.71. The number of nitrogens with zero attached hydrogens (tertiary/aromatic N) is 2. The molecule has 0 bridgehead atoms. The molecule has 6 heteroatoms. The first-order chi connectivity index (χ1) is 7.63. The van der Waals surface area contributed by atoms with Crippen LogP contribution in [0, 0.1) is 6.92 Å². The largest absolute Gasteiger partial charge is 0.453 e. The molecule has 0 aliphatic carbocycles. The zero-order valence-electron chi connectivity index (χ0n) is 9.02. The number of rotatable bonds is 1. The van der Waals surface area contributed by atoms with Crippen molar-refractivity contribution >= 4 is 23.2 Å². The van der Waals surface area contributed by atoms with Crippen molar-refractivity contribution in [3.63, 3.8) is 0 Å². The van der Waals surface area contributed by atoms with Crippen molar-refractivity contribution in [2.24, 2.45) is 0 Å². The summed E-state index contributed by atoms with van der Waals surface area (Å²) in [7, 11) is 1.31. The van der Waals surface area contributed by atoms with E-state index in [4.69, 9.17) is 5.73 Å². The highest BCUT2D eigenvalue weighted by Gasteiger charge is 2.12. The highest BCUT2D eigenvalue weighted by Crippen LogP contribution is 2.21. The Morgan fingerprint density at radius 3 is 3.06 bits per heavy atom. The minimum Gasteiger partial charge on any atom is -0.453 e. The van der Waals surface area contributed by atoms with Gasteiger partial charge in [-0.3, -0.25) is 9.72 Å². The number of carbonyl (C=O) groups is 1. The van der Waals surface area contributed by atoms with Crippen LogP contribution in [-0.2, 0) is 4.74 Å². The molecule has 0 unspecified atom stereocenters. The molecule has 2 heterocycles. The van der Waals surface area contributed by atoms with Crippen LogP contribution < -0.4 is 11.1 Å². The number of ether oxygens (including phenoxy) is 1. The van der Waals surface area contributed by atoms with Crippen LogP contribution in [0.3, 0.4) is 0 Å². The van der Waals surface area contributed by atoms with Gasteiger partial charge in [-0.2, -0.15) is 0 Å². The van der Waals surface area contributed by atoms with Gasteiger partial charge in [0, 0.05) is 6.20 Å². The highest BCUT2D eigenvalue weighted by molar-refractivity contribution is 5.85. The molecule has 0 fully saturated rings. The van der Waals surface area contributed by atoms with Crippen molar-refractivity contribution in [2.45, 2.75) is 6.92 Å². The van der Waals surface area contributed by atoms with Crippen LogP contribution in [0.5, 0.6) is 0 Å². The van der Waals surface area contributed by atoms with E-state index in [-0.39, 0.29) is 0 Å². The number of amides is 1. The first-order valence-electron chi connectivity index (χ1n) is 4.71. The third-order valence-corrected chi connectivity index (χ3v) is 2.26. The van der Waals surface area contributed by atoms with Gasteiger partial charge < -0.3 is 10.5 Å². The van der Waals surface area contributed by atoms with Crippen LogP contribution in [-0.4, -0.2) is 22.6 Å². The van der Waals surface area contributed by atoms with Gasteiger partial charge >= 0.3 is 6.09 Å². The molecule has 0 spiro atoms. The summed E-state index contributed by atoms with van der Waals surface area (Å²) in [5.74, 6) is 0.564. The van der Waals surface area contributed by atoms with Crippen LogP contribution in [0.4, 0.5) is 16.3 Å². The van der Waals surface area contributed by atoms with Crippen molar-refractivity contribution in [1.29, 1.82) is 0 Å². The van der Waals surface area contributed by atoms with Crippen molar-refractivity contribution in [1.82, 2.24) is 9.38 Å². The molecule has 0 aromatic carbocycles. The fourth-order valence-corrected chi connectivity index (χ4v) is 1.50. The van der Waals surface area contributed by atoms with Gasteiger partial charge in [-0.05, 0) is 19.1 Å². The lowest BCUT2D eigenvalue weighted by Crippen LogP contribution is -2.13. The topological polar surface area (TPSA) is 81.6 Å². The van der Waals surface area contributed by atoms with E-state index in [2.05, 4.69) is 15.0 Å². The molecule has 0 saturated heterocycles. The molecule has 2 aromatic heterocycles. The first kappa shape index (κ1) is 10.3. The maximum atomic E-state index is 11.2. The number of fused-ring (bicyclic) bond motifs is 1. The lowest BCUT2D eigenvalue weighted by Gasteiger charge is -2.04. The number of hydrogen-bond acceptors (Lipinski definition) is 4. The summed E-state index contributed by atoms with van der Waals surface area (Å²) in [5, 5.41) is 2.59. The summed E-state index contributed by atoms with van der Waals surface area (Å²) in [4.78, 5) is 15.4. The summed E-state index contributed by atoms with van der Waals surface area (Å²) in [6.07, 6.45) is 1.24. The van der Waals surface area contributed by atoms with Gasteiger partial charge in [0.05, 0.1) is 18.5 Å². The highest BCUT2D eigenvalue weighted by atomic mass is 16.5. The predicted molar refractivity (Wildman–Crippen MR) is 60.4 cm³/mol. The van der Waals surface area contributed by atoms with E-state index >= 15 is 0 Å². The summed E-state index contributed by atoms with van der Waals surface area (Å²) < 4.78 is 6.25. The SMILES string of the molecule is COC(=O)Nc1c(C)nc2c(N)cccn12. The van der Waals surface area contributed by atoms with Gasteiger partial charge in [-0.25, -0.2) is 9.78 Å². The van der Waals surface area contributed by atoms with Gasteiger partial charge in [0.15, 0.2) is 5.65 Å². The smallest absolute Gasteiger partial charge is 0.412 e. The number of nitrogens with two attached hydrogens (primary N) is 1. The number of aryl methyl sites for hydroxylation is 1. The van der Waals surface area contributed by atoms with E-state index in [1.165, 1.54) is 7.11 Å². The Balaban J connectivity index is 2.56. The van der Waals surface area contributed by atoms with Crippen LogP contribution >= 0.6 is 0 Å². The van der Waals surface area contributed by atoms with E-state index < -0.39 is 6.09 Å². The Kier molecular flexibility index (Phi) is 2.40. The Bertz CT molecular complexity index is 547. The Morgan fingerprint density at radius 2 is 2.38 bits per heavy atom. The summed E-state index contributed by atoms with van der Waals surface area (Å²) >= 11 is 0. The third-order valence-electron chi connectivity index (χ3n) is 2.26. The van der Waals surface area contributed by atoms with Crippen molar-refractivity contribution in [3.05, 3.63) is 24.0 Å². The van der Waals surface area contributed by atoms with E-state index in [1.807, 2.05) is 0 Å². The van der Waals surface area contributed by atoms with Crippen LogP contribution in [0.2, 0.25) is 0 Å². The number of imidazole rings is 1. The maximum absolute atomic E-state index is 11.2. The minimum absolute atomic E-state index is 0.535. The molecule has 2 rings (SSSR count). The summed E-state index contributed by atoms with van der Waals surface area (Å²) in [6.45, 7) is 1.79. The normalized spacial score (nSPS) is 10.4. The number of aromatic nitrogens is 2. The third kappa shape index (κ3) is 1.54. The molecule has 0 aliphatic rings. The molecule has 0 atom stereocenters. The van der Waals surface area contributed by atoms with E-state index in [1.54, 1.807) is 29.7 Å². The van der Waals surface area contributed by atoms with E-state index in [9.17, 15) is 4.79 Å². The molecule has 2 aromatic rings. The minimum atomic E-state index is -0.535. The number of hydrogen-bond donors (Lipinski definition) is 2. The zero-order chi connectivity index (χ0) is 11.7. The Hall–Kier alpha value is -2.24. The average Bonchev–Trinajstić information content (AvgIpc) is 2.58. The van der Waals surface area contributed by atoms with Crippen LogP contribution in [0.15, 0.2) is 18.3 Å². The predicted octanol–water partition coefficient (Wildman–Crippen LogP) is 1.40. The molecule has 0 aliphatic heterocycles. The standard InChI is InChI=1S/C10H12N4O2/c1-6-8(13-10(15)16-2)14-5-3-4-7(11)9(14)12-6/h3-5H,11H2,1-2H3,(H,13,15). The Labute approximate surface area is 92.0 Å². The molecule has 6 nitrogen and oxygen atoms in total. The van der Waals surface area contributed by atoms with Gasteiger partial charge in [0.2, 0.25) is 0 Å². The number of nitrogen functional groups attached to an aromatic ring is 1. The van der Waals surface area contributed by atoms with Crippen molar-refractivity contribution < 1.29 is 9.53 Å². The quantitative estimate of drug-likeness (QED) is 0.761. The fraction of sp³-hybridized carbons (Fsp3) is 0.200. The molecule has 0 radical (unpaired) electrons. The number of anilines is 2. The molecular formula is C10H12N4O2.